The number of hydrogen-bond donors (Lipinski definition) is 2. The Morgan fingerprint density at radius 2 is 1.86 bits per heavy atom. The molecular formula is C18H19N3O7. The van der Waals surface area contributed by atoms with Crippen LogP contribution in [0.25, 0.3) is 0 Å². The fourth-order valence-electron chi connectivity index (χ4n) is 2.60. The fraction of sp³-hybridized carbons (Fsp3) is 0.278. The van der Waals surface area contributed by atoms with E-state index in [4.69, 9.17) is 14.6 Å². The molecule has 0 saturated carbocycles. The molecule has 0 aliphatic carbocycles. The smallest absolute Gasteiger partial charge is 0.337 e. The molecule has 0 aliphatic rings. The number of methoxy groups -OCH3 is 2. The Balaban J connectivity index is 2.12. The first-order valence-electron chi connectivity index (χ1n) is 8.17. The summed E-state index contributed by atoms with van der Waals surface area (Å²) in [6, 6.07) is 5.38. The second-order valence-corrected chi connectivity index (χ2v) is 5.73. The van der Waals surface area contributed by atoms with Crippen LogP contribution < -0.4 is 14.8 Å². The molecule has 1 aromatic carbocycles. The van der Waals surface area contributed by atoms with Crippen molar-refractivity contribution in [3.05, 3.63) is 56.9 Å². The Morgan fingerprint density at radius 3 is 2.39 bits per heavy atom. The van der Waals surface area contributed by atoms with Crippen LogP contribution >= 0.6 is 0 Å². The van der Waals surface area contributed by atoms with Gasteiger partial charge in [-0.2, -0.15) is 0 Å². The van der Waals surface area contributed by atoms with Crippen molar-refractivity contribution >= 4 is 17.6 Å². The summed E-state index contributed by atoms with van der Waals surface area (Å²) in [5.41, 5.74) is 0.512. The Morgan fingerprint density at radius 1 is 1.21 bits per heavy atom. The lowest BCUT2D eigenvalue weighted by Gasteiger charge is -2.11. The summed E-state index contributed by atoms with van der Waals surface area (Å²) in [6.07, 6.45) is 0.175. The van der Waals surface area contributed by atoms with Crippen molar-refractivity contribution in [2.75, 3.05) is 20.8 Å². The SMILES string of the molecule is COc1cc(CCNC(=O)c2ccc(C(=O)O)c(C)n2)c([N+](=O)[O-])cc1OC. The molecule has 2 aromatic rings. The highest BCUT2D eigenvalue weighted by Crippen LogP contribution is 2.34. The number of carboxylic acids is 1. The summed E-state index contributed by atoms with van der Waals surface area (Å²) < 4.78 is 10.2. The summed E-state index contributed by atoms with van der Waals surface area (Å²) in [5.74, 6) is -1.06. The van der Waals surface area contributed by atoms with Gasteiger partial charge in [0, 0.05) is 12.1 Å². The second-order valence-electron chi connectivity index (χ2n) is 5.73. The number of carbonyl (C=O) groups is 2. The van der Waals surface area contributed by atoms with Gasteiger partial charge in [0.1, 0.15) is 5.69 Å². The van der Waals surface area contributed by atoms with Crippen LogP contribution in [0.5, 0.6) is 11.5 Å². The standard InChI is InChI=1S/C18H19N3O7/c1-10-12(18(23)24)4-5-13(20-10)17(22)19-7-6-11-8-15(27-2)16(28-3)9-14(11)21(25)26/h4-5,8-9H,6-7H2,1-3H3,(H,19,22)(H,23,24). The zero-order valence-electron chi connectivity index (χ0n) is 15.5. The normalized spacial score (nSPS) is 10.2. The molecule has 10 heteroatoms. The Bertz CT molecular complexity index is 928. The Hall–Kier alpha value is -3.69. The molecule has 148 valence electrons. The van der Waals surface area contributed by atoms with Gasteiger partial charge in [-0.3, -0.25) is 14.9 Å². The number of hydrogen-bond acceptors (Lipinski definition) is 7. The molecule has 2 rings (SSSR count). The van der Waals surface area contributed by atoms with Crippen molar-refractivity contribution in [3.63, 3.8) is 0 Å². The fourth-order valence-corrected chi connectivity index (χ4v) is 2.60. The van der Waals surface area contributed by atoms with E-state index in [1.165, 1.54) is 45.4 Å². The van der Waals surface area contributed by atoms with Crippen LogP contribution in [0.15, 0.2) is 24.3 Å². The highest BCUT2D eigenvalue weighted by Gasteiger charge is 2.20. The zero-order valence-corrected chi connectivity index (χ0v) is 15.5. The Kier molecular flexibility index (Phi) is 6.48. The maximum absolute atomic E-state index is 12.2. The second kappa shape index (κ2) is 8.80. The van der Waals surface area contributed by atoms with Gasteiger partial charge in [-0.25, -0.2) is 9.78 Å². The summed E-state index contributed by atoms with van der Waals surface area (Å²) in [4.78, 5) is 38.0. The van der Waals surface area contributed by atoms with Crippen LogP contribution in [-0.4, -0.2) is 47.7 Å². The van der Waals surface area contributed by atoms with Crippen molar-refractivity contribution in [1.29, 1.82) is 0 Å². The van der Waals surface area contributed by atoms with Crippen LogP contribution in [-0.2, 0) is 6.42 Å². The molecular weight excluding hydrogens is 370 g/mol. The van der Waals surface area contributed by atoms with E-state index in [9.17, 15) is 19.7 Å². The number of benzene rings is 1. The average molecular weight is 389 g/mol. The number of aromatic carboxylic acids is 1. The van der Waals surface area contributed by atoms with Gasteiger partial charge in [-0.1, -0.05) is 0 Å². The molecule has 28 heavy (non-hydrogen) atoms. The largest absolute Gasteiger partial charge is 0.493 e. The van der Waals surface area contributed by atoms with E-state index in [-0.39, 0.29) is 41.4 Å². The minimum absolute atomic E-state index is 0.0116. The van der Waals surface area contributed by atoms with Crippen molar-refractivity contribution in [2.45, 2.75) is 13.3 Å². The van der Waals surface area contributed by atoms with Gasteiger partial charge in [0.05, 0.1) is 36.5 Å². The van der Waals surface area contributed by atoms with E-state index in [0.29, 0.717) is 11.3 Å². The van der Waals surface area contributed by atoms with Gasteiger partial charge in [0.2, 0.25) is 0 Å². The molecule has 1 amide bonds. The van der Waals surface area contributed by atoms with E-state index in [1.54, 1.807) is 0 Å². The van der Waals surface area contributed by atoms with Crippen LogP contribution in [0, 0.1) is 17.0 Å². The maximum Gasteiger partial charge on any atom is 0.337 e. The van der Waals surface area contributed by atoms with E-state index in [1.807, 2.05) is 0 Å². The van der Waals surface area contributed by atoms with Crippen LogP contribution in [0.1, 0.15) is 32.1 Å². The van der Waals surface area contributed by atoms with Crippen LogP contribution in [0.2, 0.25) is 0 Å². The van der Waals surface area contributed by atoms with Crippen molar-refractivity contribution in [3.8, 4) is 11.5 Å². The van der Waals surface area contributed by atoms with Crippen molar-refractivity contribution in [2.24, 2.45) is 0 Å². The van der Waals surface area contributed by atoms with E-state index in [2.05, 4.69) is 10.3 Å². The lowest BCUT2D eigenvalue weighted by molar-refractivity contribution is -0.385. The number of carbonyl (C=O) groups excluding carboxylic acids is 1. The Labute approximate surface area is 160 Å². The van der Waals surface area contributed by atoms with Crippen LogP contribution in [0.4, 0.5) is 5.69 Å². The number of nitrogens with one attached hydrogen (secondary N) is 1. The quantitative estimate of drug-likeness (QED) is 0.516. The number of nitro benzene ring substituents is 1. The number of rotatable bonds is 8. The molecule has 0 spiro atoms. The molecule has 0 aliphatic heterocycles. The number of carboxylic acid groups (broad SMARTS) is 1. The first-order valence-corrected chi connectivity index (χ1v) is 8.17. The molecule has 0 radical (unpaired) electrons. The first kappa shape index (κ1) is 20.6. The van der Waals surface area contributed by atoms with Gasteiger partial charge in [-0.15, -0.1) is 0 Å². The predicted molar refractivity (Wildman–Crippen MR) is 98.2 cm³/mol. The van der Waals surface area contributed by atoms with Crippen LogP contribution in [0.3, 0.4) is 0 Å². The minimum Gasteiger partial charge on any atom is -0.493 e. The minimum atomic E-state index is -1.13. The van der Waals surface area contributed by atoms with E-state index in [0.717, 1.165) is 0 Å². The number of nitro groups is 1. The highest BCUT2D eigenvalue weighted by molar-refractivity contribution is 5.94. The molecule has 0 atom stereocenters. The molecule has 0 fully saturated rings. The summed E-state index contributed by atoms with van der Waals surface area (Å²) in [7, 11) is 2.80. The number of amides is 1. The molecule has 1 aromatic heterocycles. The topological polar surface area (TPSA) is 141 Å². The third-order valence-electron chi connectivity index (χ3n) is 4.01. The summed E-state index contributed by atoms with van der Waals surface area (Å²) in [6.45, 7) is 1.60. The third kappa shape index (κ3) is 4.53. The molecule has 0 unspecified atom stereocenters. The number of ether oxygens (including phenoxy) is 2. The average Bonchev–Trinajstić information content (AvgIpc) is 2.66. The first-order chi connectivity index (χ1) is 13.3. The number of nitrogens with zero attached hydrogens (tertiary/aromatic N) is 2. The molecule has 2 N–H and O–H groups in total. The van der Waals surface area contributed by atoms with Crippen molar-refractivity contribution < 1.29 is 29.1 Å². The van der Waals surface area contributed by atoms with E-state index >= 15 is 0 Å². The number of aryl methyl sites for hydroxylation is 1. The van der Waals surface area contributed by atoms with Gasteiger partial charge in [-0.05, 0) is 31.5 Å². The van der Waals surface area contributed by atoms with Gasteiger partial charge >= 0.3 is 5.97 Å². The highest BCUT2D eigenvalue weighted by atomic mass is 16.6. The van der Waals surface area contributed by atoms with Crippen molar-refractivity contribution in [1.82, 2.24) is 10.3 Å². The summed E-state index contributed by atoms with van der Waals surface area (Å²) in [5, 5.41) is 22.9. The predicted octanol–water partition coefficient (Wildman–Crippen LogP) is 1.99. The zero-order chi connectivity index (χ0) is 20.8. The van der Waals surface area contributed by atoms with Gasteiger partial charge in [0.15, 0.2) is 11.5 Å². The molecule has 0 bridgehead atoms. The summed E-state index contributed by atoms with van der Waals surface area (Å²) >= 11 is 0. The lowest BCUT2D eigenvalue weighted by Crippen LogP contribution is -2.27. The molecule has 10 nitrogen and oxygen atoms in total. The molecule has 0 saturated heterocycles. The monoisotopic (exact) mass is 389 g/mol. The maximum atomic E-state index is 12.2. The number of pyridine rings is 1. The lowest BCUT2D eigenvalue weighted by atomic mass is 10.1. The van der Waals surface area contributed by atoms with E-state index < -0.39 is 16.8 Å². The van der Waals surface area contributed by atoms with Gasteiger partial charge < -0.3 is 19.9 Å². The third-order valence-corrected chi connectivity index (χ3v) is 4.01. The number of aromatic nitrogens is 1. The van der Waals surface area contributed by atoms with Gasteiger partial charge in [0.25, 0.3) is 11.6 Å². The molecule has 1 heterocycles.